The van der Waals surface area contributed by atoms with Gasteiger partial charge in [-0.2, -0.15) is 4.98 Å². The van der Waals surface area contributed by atoms with Crippen LogP contribution in [0.25, 0.3) is 16.7 Å². The van der Waals surface area contributed by atoms with E-state index in [1.54, 1.807) is 0 Å². The number of carboxylic acids is 1. The van der Waals surface area contributed by atoms with E-state index in [1.165, 1.54) is 0 Å². The number of nitrogens with zero attached hydrogens (tertiary/aromatic N) is 2. The molecule has 3 rings (SSSR count). The van der Waals surface area contributed by atoms with E-state index >= 15 is 0 Å². The minimum atomic E-state index is -1.72. The number of aromatic nitrogens is 2. The molecule has 0 saturated heterocycles. The number of pyridine rings is 2. The van der Waals surface area contributed by atoms with E-state index < -0.39 is 67.9 Å². The van der Waals surface area contributed by atoms with Gasteiger partial charge in [-0.25, -0.2) is 22.4 Å². The first kappa shape index (κ1) is 18.6. The molecular formula is C16H7ClF4N2O4. The maximum atomic E-state index is 14.3. The third kappa shape index (κ3) is 2.87. The number of carbonyl (C=O) groups is 1. The highest BCUT2D eigenvalue weighted by Gasteiger charge is 2.24. The molecule has 0 aliphatic rings. The molecule has 0 fully saturated rings. The van der Waals surface area contributed by atoms with E-state index in [1.807, 2.05) is 0 Å². The molecule has 0 amide bonds. The number of rotatable bonds is 3. The summed E-state index contributed by atoms with van der Waals surface area (Å²) in [4.78, 5) is 27.2. The predicted molar refractivity (Wildman–Crippen MR) is 85.7 cm³/mol. The van der Waals surface area contributed by atoms with Crippen LogP contribution in [0.3, 0.4) is 0 Å². The molecule has 0 spiro atoms. The largest absolute Gasteiger partial charge is 0.479 e. The second-order valence-electron chi connectivity index (χ2n) is 5.21. The Morgan fingerprint density at radius 2 is 1.85 bits per heavy atom. The standard InChI is InChI=1S/C16H7ClF4N2O4/c1-27-15-9(20)3-8(19)14(22-15)23-4-6(16(25)26)13(24)5-2-7(18)11(21)10(17)12(5)23/h2-4H,1H3,(H,25,26). The molecule has 11 heteroatoms. The lowest BCUT2D eigenvalue weighted by Gasteiger charge is -2.15. The number of methoxy groups -OCH3 is 1. The summed E-state index contributed by atoms with van der Waals surface area (Å²) in [5.41, 5.74) is -2.62. The molecule has 1 aromatic carbocycles. The van der Waals surface area contributed by atoms with E-state index in [2.05, 4.69) is 9.72 Å². The Hall–Kier alpha value is -3.14. The Labute approximate surface area is 152 Å². The normalized spacial score (nSPS) is 11.0. The van der Waals surface area contributed by atoms with Crippen molar-refractivity contribution in [2.45, 2.75) is 0 Å². The molecule has 0 aliphatic heterocycles. The van der Waals surface area contributed by atoms with Crippen LogP contribution in [-0.4, -0.2) is 27.7 Å². The van der Waals surface area contributed by atoms with Gasteiger partial charge < -0.3 is 9.84 Å². The minimum absolute atomic E-state index is 0.388. The van der Waals surface area contributed by atoms with Crippen LogP contribution in [0, 0.1) is 23.3 Å². The monoisotopic (exact) mass is 402 g/mol. The van der Waals surface area contributed by atoms with Crippen molar-refractivity contribution in [1.82, 2.24) is 9.55 Å². The van der Waals surface area contributed by atoms with Crippen LogP contribution < -0.4 is 10.2 Å². The number of hydrogen-bond acceptors (Lipinski definition) is 4. The zero-order valence-corrected chi connectivity index (χ0v) is 13.9. The van der Waals surface area contributed by atoms with Crippen LogP contribution in [0.1, 0.15) is 10.4 Å². The molecule has 3 aromatic rings. The van der Waals surface area contributed by atoms with Gasteiger partial charge in [-0.3, -0.25) is 9.36 Å². The fraction of sp³-hybridized carbons (Fsp3) is 0.0625. The number of aromatic carboxylic acids is 1. The van der Waals surface area contributed by atoms with Crippen LogP contribution in [0.5, 0.6) is 5.88 Å². The zero-order chi connectivity index (χ0) is 20.0. The maximum Gasteiger partial charge on any atom is 0.341 e. The fourth-order valence-corrected chi connectivity index (χ4v) is 2.75. The third-order valence-electron chi connectivity index (χ3n) is 3.66. The Morgan fingerprint density at radius 3 is 2.44 bits per heavy atom. The number of fused-ring (bicyclic) bond motifs is 1. The molecule has 0 radical (unpaired) electrons. The average Bonchev–Trinajstić information content (AvgIpc) is 2.61. The average molecular weight is 403 g/mol. The number of carboxylic acid groups (broad SMARTS) is 1. The van der Waals surface area contributed by atoms with E-state index in [-0.39, 0.29) is 0 Å². The molecule has 6 nitrogen and oxygen atoms in total. The lowest BCUT2D eigenvalue weighted by Crippen LogP contribution is -2.20. The van der Waals surface area contributed by atoms with Crippen molar-refractivity contribution in [3.8, 4) is 11.7 Å². The quantitative estimate of drug-likeness (QED) is 0.537. The smallest absolute Gasteiger partial charge is 0.341 e. The number of ether oxygens (including phenoxy) is 1. The Balaban J connectivity index is 2.57. The Morgan fingerprint density at radius 1 is 1.19 bits per heavy atom. The van der Waals surface area contributed by atoms with Gasteiger partial charge >= 0.3 is 5.97 Å². The van der Waals surface area contributed by atoms with Crippen LogP contribution >= 0.6 is 11.6 Å². The zero-order valence-electron chi connectivity index (χ0n) is 13.2. The predicted octanol–water partition coefficient (Wildman–Crippen LogP) is 3.30. The van der Waals surface area contributed by atoms with Gasteiger partial charge in [0.25, 0.3) is 5.88 Å². The Kier molecular flexibility index (Phi) is 4.52. The molecule has 0 saturated carbocycles. The number of halogens is 5. The topological polar surface area (TPSA) is 81.4 Å². The second kappa shape index (κ2) is 6.54. The summed E-state index contributed by atoms with van der Waals surface area (Å²) in [6.45, 7) is 0. The summed E-state index contributed by atoms with van der Waals surface area (Å²) in [5, 5.41) is 7.64. The van der Waals surface area contributed by atoms with Crippen molar-refractivity contribution in [2.24, 2.45) is 0 Å². The van der Waals surface area contributed by atoms with Gasteiger partial charge in [-0.15, -0.1) is 0 Å². The molecule has 2 heterocycles. The third-order valence-corrected chi connectivity index (χ3v) is 4.00. The lowest BCUT2D eigenvalue weighted by atomic mass is 10.1. The van der Waals surface area contributed by atoms with Gasteiger partial charge in [0.1, 0.15) is 10.6 Å². The van der Waals surface area contributed by atoms with Crippen LogP contribution in [0.15, 0.2) is 23.1 Å². The molecule has 1 N–H and O–H groups in total. The van der Waals surface area contributed by atoms with Gasteiger partial charge in [0.2, 0.25) is 5.43 Å². The molecular weight excluding hydrogens is 396 g/mol. The van der Waals surface area contributed by atoms with E-state index in [0.29, 0.717) is 22.9 Å². The van der Waals surface area contributed by atoms with Crippen molar-refractivity contribution in [3.05, 3.63) is 62.4 Å². The molecule has 0 unspecified atom stereocenters. The minimum Gasteiger partial charge on any atom is -0.479 e. The SMILES string of the molecule is COc1nc(-n2cc(C(=O)O)c(=O)c3cc(F)c(F)c(Cl)c32)c(F)cc1F. The van der Waals surface area contributed by atoms with Gasteiger partial charge in [-0.1, -0.05) is 11.6 Å². The fourth-order valence-electron chi connectivity index (χ4n) is 2.46. The highest BCUT2D eigenvalue weighted by molar-refractivity contribution is 6.35. The van der Waals surface area contributed by atoms with Crippen LogP contribution in [0.2, 0.25) is 5.02 Å². The van der Waals surface area contributed by atoms with Crippen molar-refractivity contribution >= 4 is 28.5 Å². The van der Waals surface area contributed by atoms with Gasteiger partial charge in [0.05, 0.1) is 18.0 Å². The number of benzene rings is 1. The summed E-state index contributed by atoms with van der Waals surface area (Å²) >= 11 is 5.77. The molecule has 2 aromatic heterocycles. The van der Waals surface area contributed by atoms with Crippen LogP contribution in [-0.2, 0) is 0 Å². The van der Waals surface area contributed by atoms with E-state index in [4.69, 9.17) is 11.6 Å². The highest BCUT2D eigenvalue weighted by atomic mass is 35.5. The first-order chi connectivity index (χ1) is 12.7. The molecule has 0 bridgehead atoms. The Bertz CT molecular complexity index is 1180. The summed E-state index contributed by atoms with van der Waals surface area (Å²) < 4.78 is 60.8. The first-order valence-electron chi connectivity index (χ1n) is 7.04. The maximum absolute atomic E-state index is 14.3. The molecule has 140 valence electrons. The second-order valence-corrected chi connectivity index (χ2v) is 5.59. The number of hydrogen-bond donors (Lipinski definition) is 1. The van der Waals surface area contributed by atoms with Crippen molar-refractivity contribution in [2.75, 3.05) is 7.11 Å². The summed E-state index contributed by atoms with van der Waals surface area (Å²) in [6, 6.07) is 0.819. The van der Waals surface area contributed by atoms with E-state index in [9.17, 15) is 32.3 Å². The molecule has 0 atom stereocenters. The molecule has 0 aliphatic carbocycles. The van der Waals surface area contributed by atoms with Crippen LogP contribution in [0.4, 0.5) is 17.6 Å². The summed E-state index contributed by atoms with van der Waals surface area (Å²) in [5.74, 6) is -8.63. The molecule has 27 heavy (non-hydrogen) atoms. The van der Waals surface area contributed by atoms with Gasteiger partial charge in [0.15, 0.2) is 29.1 Å². The summed E-state index contributed by atoms with van der Waals surface area (Å²) in [6.07, 6.45) is 0.624. The van der Waals surface area contributed by atoms with Crippen molar-refractivity contribution in [1.29, 1.82) is 0 Å². The summed E-state index contributed by atoms with van der Waals surface area (Å²) in [7, 11) is 1.04. The first-order valence-corrected chi connectivity index (χ1v) is 7.41. The van der Waals surface area contributed by atoms with Crippen molar-refractivity contribution < 1.29 is 32.2 Å². The highest BCUT2D eigenvalue weighted by Crippen LogP contribution is 2.30. The van der Waals surface area contributed by atoms with E-state index in [0.717, 1.165) is 7.11 Å². The lowest BCUT2D eigenvalue weighted by molar-refractivity contribution is 0.0695. The van der Waals surface area contributed by atoms with Gasteiger partial charge in [0, 0.05) is 12.3 Å². The van der Waals surface area contributed by atoms with Crippen molar-refractivity contribution in [3.63, 3.8) is 0 Å². The van der Waals surface area contributed by atoms with Gasteiger partial charge in [-0.05, 0) is 6.07 Å².